The van der Waals surface area contributed by atoms with E-state index in [2.05, 4.69) is 19.2 Å². The quantitative estimate of drug-likeness (QED) is 0.791. The largest absolute Gasteiger partial charge is 0.508 e. The molecule has 0 amide bonds. The monoisotopic (exact) mass is 247 g/mol. The molecule has 3 atom stereocenters. The average molecular weight is 247 g/mol. The third kappa shape index (κ3) is 3.49. The second-order valence-corrected chi connectivity index (χ2v) is 5.70. The number of aromatic hydroxyl groups is 1. The van der Waals surface area contributed by atoms with Crippen molar-refractivity contribution in [2.45, 2.75) is 58.0 Å². The van der Waals surface area contributed by atoms with Crippen LogP contribution in [-0.2, 0) is 0 Å². The number of benzene rings is 1. The Morgan fingerprint density at radius 3 is 2.50 bits per heavy atom. The molecule has 1 saturated carbocycles. The summed E-state index contributed by atoms with van der Waals surface area (Å²) in [5, 5.41) is 13.1. The first-order chi connectivity index (χ1) is 8.66. The minimum atomic E-state index is 0.341. The van der Waals surface area contributed by atoms with Gasteiger partial charge in [-0.25, -0.2) is 0 Å². The SMILES string of the molecule is CC(NC1CCCCCC1C)c1ccc(O)cc1. The summed E-state index contributed by atoms with van der Waals surface area (Å²) < 4.78 is 0. The molecular formula is C16H25NO. The number of rotatable bonds is 3. The lowest BCUT2D eigenvalue weighted by atomic mass is 9.95. The van der Waals surface area contributed by atoms with Crippen LogP contribution in [0.1, 0.15) is 57.6 Å². The van der Waals surface area contributed by atoms with E-state index < -0.39 is 0 Å². The van der Waals surface area contributed by atoms with Crippen LogP contribution in [0.3, 0.4) is 0 Å². The van der Waals surface area contributed by atoms with Crippen molar-refractivity contribution in [1.82, 2.24) is 5.32 Å². The lowest BCUT2D eigenvalue weighted by Gasteiger charge is -2.27. The molecule has 1 fully saturated rings. The predicted molar refractivity (Wildman–Crippen MR) is 75.7 cm³/mol. The predicted octanol–water partition coefficient (Wildman–Crippen LogP) is 4.01. The molecule has 2 heteroatoms. The van der Waals surface area contributed by atoms with E-state index in [1.54, 1.807) is 12.1 Å². The summed E-state index contributed by atoms with van der Waals surface area (Å²) in [6, 6.07) is 8.55. The van der Waals surface area contributed by atoms with Crippen molar-refractivity contribution in [2.75, 3.05) is 0 Å². The Balaban J connectivity index is 1.97. The fraction of sp³-hybridized carbons (Fsp3) is 0.625. The van der Waals surface area contributed by atoms with Gasteiger partial charge in [0, 0.05) is 12.1 Å². The first-order valence-corrected chi connectivity index (χ1v) is 7.22. The van der Waals surface area contributed by atoms with Crippen LogP contribution in [0.5, 0.6) is 5.75 Å². The second kappa shape index (κ2) is 6.24. The summed E-state index contributed by atoms with van der Waals surface area (Å²) in [5.41, 5.74) is 1.25. The highest BCUT2D eigenvalue weighted by Crippen LogP contribution is 2.25. The summed E-state index contributed by atoms with van der Waals surface area (Å²) in [7, 11) is 0. The molecule has 0 bridgehead atoms. The zero-order chi connectivity index (χ0) is 13.0. The smallest absolute Gasteiger partial charge is 0.115 e. The molecule has 2 N–H and O–H groups in total. The lowest BCUT2D eigenvalue weighted by Crippen LogP contribution is -2.36. The third-order valence-corrected chi connectivity index (χ3v) is 4.22. The Kier molecular flexibility index (Phi) is 4.65. The van der Waals surface area contributed by atoms with Crippen molar-refractivity contribution in [3.05, 3.63) is 29.8 Å². The van der Waals surface area contributed by atoms with Crippen molar-refractivity contribution >= 4 is 0 Å². The molecule has 0 radical (unpaired) electrons. The molecular weight excluding hydrogens is 222 g/mol. The van der Waals surface area contributed by atoms with Crippen LogP contribution in [0.25, 0.3) is 0 Å². The normalized spacial score (nSPS) is 26.6. The summed E-state index contributed by atoms with van der Waals surface area (Å²) in [6.45, 7) is 4.58. The van der Waals surface area contributed by atoms with Crippen molar-refractivity contribution in [3.8, 4) is 5.75 Å². The number of phenols is 1. The molecule has 100 valence electrons. The van der Waals surface area contributed by atoms with E-state index in [0.29, 0.717) is 17.8 Å². The Labute approximate surface area is 110 Å². The summed E-state index contributed by atoms with van der Waals surface area (Å²) in [5.74, 6) is 1.11. The highest BCUT2D eigenvalue weighted by atomic mass is 16.3. The molecule has 0 saturated heterocycles. The van der Waals surface area contributed by atoms with Crippen LogP contribution >= 0.6 is 0 Å². The van der Waals surface area contributed by atoms with E-state index in [4.69, 9.17) is 0 Å². The lowest BCUT2D eigenvalue weighted by molar-refractivity contribution is 0.330. The molecule has 1 aromatic rings. The first kappa shape index (κ1) is 13.4. The zero-order valence-corrected chi connectivity index (χ0v) is 11.5. The maximum Gasteiger partial charge on any atom is 0.115 e. The Hall–Kier alpha value is -1.02. The molecule has 18 heavy (non-hydrogen) atoms. The highest BCUT2D eigenvalue weighted by Gasteiger charge is 2.21. The maximum absolute atomic E-state index is 9.32. The van der Waals surface area contributed by atoms with Gasteiger partial charge in [0.2, 0.25) is 0 Å². The summed E-state index contributed by atoms with van der Waals surface area (Å²) >= 11 is 0. The van der Waals surface area contributed by atoms with Gasteiger partial charge in [0.25, 0.3) is 0 Å². The van der Waals surface area contributed by atoms with Gasteiger partial charge in [-0.3, -0.25) is 0 Å². The second-order valence-electron chi connectivity index (χ2n) is 5.70. The molecule has 1 aromatic carbocycles. The standard InChI is InChI=1S/C16H25NO/c1-12-6-4-3-5-7-16(12)17-13(2)14-8-10-15(18)11-9-14/h8-13,16-18H,3-7H2,1-2H3. The summed E-state index contributed by atoms with van der Waals surface area (Å²) in [6.07, 6.45) is 6.76. The van der Waals surface area contributed by atoms with Crippen molar-refractivity contribution in [2.24, 2.45) is 5.92 Å². The van der Waals surface area contributed by atoms with Crippen molar-refractivity contribution in [3.63, 3.8) is 0 Å². The fourth-order valence-corrected chi connectivity index (χ4v) is 2.92. The molecule has 0 spiro atoms. The van der Waals surface area contributed by atoms with E-state index in [1.807, 2.05) is 12.1 Å². The van der Waals surface area contributed by atoms with Gasteiger partial charge in [0.15, 0.2) is 0 Å². The number of phenolic OH excluding ortho intramolecular Hbond substituents is 1. The van der Waals surface area contributed by atoms with Gasteiger partial charge in [-0.2, -0.15) is 0 Å². The van der Waals surface area contributed by atoms with Gasteiger partial charge >= 0.3 is 0 Å². The average Bonchev–Trinajstić information content (AvgIpc) is 2.56. The van der Waals surface area contributed by atoms with E-state index >= 15 is 0 Å². The van der Waals surface area contributed by atoms with Crippen LogP contribution in [0.4, 0.5) is 0 Å². The van der Waals surface area contributed by atoms with E-state index in [-0.39, 0.29) is 0 Å². The Morgan fingerprint density at radius 2 is 1.78 bits per heavy atom. The van der Waals surface area contributed by atoms with E-state index in [0.717, 1.165) is 5.92 Å². The molecule has 0 aromatic heterocycles. The van der Waals surface area contributed by atoms with E-state index in [9.17, 15) is 5.11 Å². The molecule has 1 aliphatic rings. The van der Waals surface area contributed by atoms with Crippen LogP contribution in [-0.4, -0.2) is 11.1 Å². The molecule has 0 aliphatic heterocycles. The van der Waals surface area contributed by atoms with Gasteiger partial charge in [-0.05, 0) is 43.4 Å². The third-order valence-electron chi connectivity index (χ3n) is 4.22. The Morgan fingerprint density at radius 1 is 1.11 bits per heavy atom. The molecule has 2 rings (SSSR count). The molecule has 3 unspecified atom stereocenters. The topological polar surface area (TPSA) is 32.3 Å². The number of nitrogens with one attached hydrogen (secondary N) is 1. The fourth-order valence-electron chi connectivity index (χ4n) is 2.92. The minimum absolute atomic E-state index is 0.341. The van der Waals surface area contributed by atoms with Crippen LogP contribution in [0.15, 0.2) is 24.3 Å². The molecule has 1 aliphatic carbocycles. The van der Waals surface area contributed by atoms with Gasteiger partial charge in [0.05, 0.1) is 0 Å². The van der Waals surface area contributed by atoms with Crippen LogP contribution in [0.2, 0.25) is 0 Å². The summed E-state index contributed by atoms with van der Waals surface area (Å²) in [4.78, 5) is 0. The highest BCUT2D eigenvalue weighted by molar-refractivity contribution is 5.27. The minimum Gasteiger partial charge on any atom is -0.508 e. The maximum atomic E-state index is 9.32. The number of hydrogen-bond donors (Lipinski definition) is 2. The molecule has 0 heterocycles. The van der Waals surface area contributed by atoms with Gasteiger partial charge < -0.3 is 10.4 Å². The van der Waals surface area contributed by atoms with E-state index in [1.165, 1.54) is 37.7 Å². The van der Waals surface area contributed by atoms with Gasteiger partial charge in [-0.15, -0.1) is 0 Å². The number of hydrogen-bond acceptors (Lipinski definition) is 2. The Bertz CT molecular complexity index is 360. The zero-order valence-electron chi connectivity index (χ0n) is 11.5. The molecule has 2 nitrogen and oxygen atoms in total. The van der Waals surface area contributed by atoms with Crippen LogP contribution in [0, 0.1) is 5.92 Å². The van der Waals surface area contributed by atoms with Crippen LogP contribution < -0.4 is 5.32 Å². The van der Waals surface area contributed by atoms with Gasteiger partial charge in [-0.1, -0.05) is 38.3 Å². The van der Waals surface area contributed by atoms with Crippen molar-refractivity contribution < 1.29 is 5.11 Å². The van der Waals surface area contributed by atoms with Gasteiger partial charge in [0.1, 0.15) is 5.75 Å². The van der Waals surface area contributed by atoms with Crippen molar-refractivity contribution in [1.29, 1.82) is 0 Å². The first-order valence-electron chi connectivity index (χ1n) is 7.22.